The van der Waals surface area contributed by atoms with Crippen LogP contribution in [0, 0.1) is 0 Å². The second kappa shape index (κ2) is 3.35. The zero-order valence-electron chi connectivity index (χ0n) is 8.63. The minimum Gasteiger partial charge on any atom is -0.361 e. The molecular formula is C12H11NO2. The normalized spacial score (nSPS) is 10.5. The minimum absolute atomic E-state index is 0.0253. The Bertz CT molecular complexity index is 552. The highest BCUT2D eigenvalue weighted by atomic mass is 16.1. The summed E-state index contributed by atoms with van der Waals surface area (Å²) in [6.45, 7) is 3.00. The number of nitrogens with one attached hydrogen (secondary N) is 1. The molecule has 0 aliphatic rings. The fourth-order valence-electron chi connectivity index (χ4n) is 1.66. The Kier molecular flexibility index (Phi) is 2.15. The molecule has 76 valence electrons. The summed E-state index contributed by atoms with van der Waals surface area (Å²) in [7, 11) is 0. The molecule has 0 aliphatic heterocycles. The summed E-state index contributed by atoms with van der Waals surface area (Å²) in [5.74, 6) is -0.0586. The van der Waals surface area contributed by atoms with Crippen molar-refractivity contribution in [3.05, 3.63) is 35.5 Å². The van der Waals surface area contributed by atoms with E-state index in [9.17, 15) is 9.59 Å². The summed E-state index contributed by atoms with van der Waals surface area (Å²) in [6, 6.07) is 5.26. The van der Waals surface area contributed by atoms with E-state index in [-0.39, 0.29) is 11.6 Å². The van der Waals surface area contributed by atoms with Gasteiger partial charge in [-0.05, 0) is 32.0 Å². The van der Waals surface area contributed by atoms with E-state index in [0.717, 1.165) is 10.9 Å². The van der Waals surface area contributed by atoms with Gasteiger partial charge < -0.3 is 4.98 Å². The van der Waals surface area contributed by atoms with Crippen molar-refractivity contribution < 1.29 is 9.59 Å². The van der Waals surface area contributed by atoms with E-state index in [2.05, 4.69) is 4.98 Å². The van der Waals surface area contributed by atoms with Crippen LogP contribution in [0.25, 0.3) is 10.9 Å². The van der Waals surface area contributed by atoms with Gasteiger partial charge in [0.2, 0.25) is 0 Å². The van der Waals surface area contributed by atoms with Gasteiger partial charge in [-0.15, -0.1) is 0 Å². The average molecular weight is 201 g/mol. The topological polar surface area (TPSA) is 49.9 Å². The number of aromatic nitrogens is 1. The summed E-state index contributed by atoms with van der Waals surface area (Å²) >= 11 is 0. The molecule has 0 fully saturated rings. The molecule has 1 aromatic carbocycles. The SMILES string of the molecule is CC(=O)c1cc(C(C)=O)c2cc[nH]c2c1. The number of ketones is 2. The Morgan fingerprint density at radius 2 is 1.87 bits per heavy atom. The van der Waals surface area contributed by atoms with Gasteiger partial charge in [0.05, 0.1) is 0 Å². The lowest BCUT2D eigenvalue weighted by atomic mass is 10.0. The molecule has 1 aromatic heterocycles. The first kappa shape index (κ1) is 9.65. The molecular weight excluding hydrogens is 190 g/mol. The van der Waals surface area contributed by atoms with Gasteiger partial charge in [-0.3, -0.25) is 9.59 Å². The van der Waals surface area contributed by atoms with Crippen LogP contribution < -0.4 is 0 Å². The van der Waals surface area contributed by atoms with Gasteiger partial charge in [-0.1, -0.05) is 0 Å². The number of Topliss-reactive ketones (excluding diaryl/α,β-unsaturated/α-hetero) is 2. The van der Waals surface area contributed by atoms with Crippen LogP contribution in [-0.4, -0.2) is 16.6 Å². The number of H-pyrrole nitrogens is 1. The largest absolute Gasteiger partial charge is 0.361 e. The Morgan fingerprint density at radius 1 is 1.13 bits per heavy atom. The molecule has 0 unspecified atom stereocenters. The molecule has 1 heterocycles. The summed E-state index contributed by atoms with van der Waals surface area (Å²) in [4.78, 5) is 25.7. The highest BCUT2D eigenvalue weighted by Gasteiger charge is 2.10. The van der Waals surface area contributed by atoms with Crippen LogP contribution in [0.3, 0.4) is 0 Å². The number of aromatic amines is 1. The second-order valence-corrected chi connectivity index (χ2v) is 3.58. The molecule has 15 heavy (non-hydrogen) atoms. The first-order valence-electron chi connectivity index (χ1n) is 4.72. The third-order valence-corrected chi connectivity index (χ3v) is 2.45. The van der Waals surface area contributed by atoms with Crippen molar-refractivity contribution in [1.29, 1.82) is 0 Å². The van der Waals surface area contributed by atoms with Gasteiger partial charge in [0.1, 0.15) is 0 Å². The van der Waals surface area contributed by atoms with Gasteiger partial charge in [0.15, 0.2) is 11.6 Å². The predicted molar refractivity (Wildman–Crippen MR) is 58.3 cm³/mol. The van der Waals surface area contributed by atoms with Gasteiger partial charge in [0, 0.05) is 28.2 Å². The first-order chi connectivity index (χ1) is 7.09. The summed E-state index contributed by atoms with van der Waals surface area (Å²) < 4.78 is 0. The number of carbonyl (C=O) groups is 2. The maximum atomic E-state index is 11.4. The Morgan fingerprint density at radius 3 is 2.47 bits per heavy atom. The molecule has 0 saturated heterocycles. The van der Waals surface area contributed by atoms with E-state index in [0.29, 0.717) is 11.1 Å². The highest BCUT2D eigenvalue weighted by molar-refractivity contribution is 6.09. The summed E-state index contributed by atoms with van der Waals surface area (Å²) in [6.07, 6.45) is 1.76. The molecule has 0 atom stereocenters. The van der Waals surface area contributed by atoms with E-state index in [1.807, 2.05) is 6.07 Å². The van der Waals surface area contributed by atoms with Gasteiger partial charge in [0.25, 0.3) is 0 Å². The van der Waals surface area contributed by atoms with Crippen molar-refractivity contribution in [3.8, 4) is 0 Å². The maximum absolute atomic E-state index is 11.4. The second-order valence-electron chi connectivity index (χ2n) is 3.58. The van der Waals surface area contributed by atoms with Crippen LogP contribution in [-0.2, 0) is 0 Å². The number of hydrogen-bond acceptors (Lipinski definition) is 2. The van der Waals surface area contributed by atoms with Gasteiger partial charge in [-0.2, -0.15) is 0 Å². The van der Waals surface area contributed by atoms with Crippen LogP contribution in [0.2, 0.25) is 0 Å². The lowest BCUT2D eigenvalue weighted by Crippen LogP contribution is -1.98. The lowest BCUT2D eigenvalue weighted by Gasteiger charge is -2.02. The quantitative estimate of drug-likeness (QED) is 0.759. The fourth-order valence-corrected chi connectivity index (χ4v) is 1.66. The van der Waals surface area contributed by atoms with Gasteiger partial charge in [-0.25, -0.2) is 0 Å². The molecule has 1 N–H and O–H groups in total. The number of rotatable bonds is 2. The molecule has 0 aliphatic carbocycles. The van der Waals surface area contributed by atoms with Crippen LogP contribution in [0.15, 0.2) is 24.4 Å². The molecule has 3 heteroatoms. The number of hydrogen-bond donors (Lipinski definition) is 1. The monoisotopic (exact) mass is 201 g/mol. The smallest absolute Gasteiger partial charge is 0.160 e. The molecule has 0 radical (unpaired) electrons. The van der Waals surface area contributed by atoms with Crippen LogP contribution in [0.1, 0.15) is 34.6 Å². The van der Waals surface area contributed by atoms with Gasteiger partial charge >= 0.3 is 0 Å². The Hall–Kier alpha value is -1.90. The number of carbonyl (C=O) groups excluding carboxylic acids is 2. The third-order valence-electron chi connectivity index (χ3n) is 2.45. The predicted octanol–water partition coefficient (Wildman–Crippen LogP) is 2.57. The fraction of sp³-hybridized carbons (Fsp3) is 0.167. The number of fused-ring (bicyclic) bond motifs is 1. The zero-order chi connectivity index (χ0) is 11.0. The van der Waals surface area contributed by atoms with Crippen molar-refractivity contribution in [2.24, 2.45) is 0 Å². The minimum atomic E-state index is -0.0333. The lowest BCUT2D eigenvalue weighted by molar-refractivity contribution is 0.101. The Labute approximate surface area is 87.1 Å². The van der Waals surface area contributed by atoms with Crippen LogP contribution in [0.4, 0.5) is 0 Å². The summed E-state index contributed by atoms with van der Waals surface area (Å²) in [5, 5.41) is 0.868. The van der Waals surface area contributed by atoms with E-state index in [1.165, 1.54) is 13.8 Å². The molecule has 2 aromatic rings. The van der Waals surface area contributed by atoms with Crippen LogP contribution >= 0.6 is 0 Å². The average Bonchev–Trinajstić information content (AvgIpc) is 2.62. The molecule has 0 amide bonds. The van der Waals surface area contributed by atoms with Crippen molar-refractivity contribution in [2.75, 3.05) is 0 Å². The van der Waals surface area contributed by atoms with Crippen molar-refractivity contribution in [1.82, 2.24) is 4.98 Å². The Balaban J connectivity index is 2.80. The maximum Gasteiger partial charge on any atom is 0.160 e. The van der Waals surface area contributed by atoms with E-state index >= 15 is 0 Å². The summed E-state index contributed by atoms with van der Waals surface area (Å²) in [5.41, 5.74) is 1.99. The molecule has 0 spiro atoms. The van der Waals surface area contributed by atoms with Crippen LogP contribution in [0.5, 0.6) is 0 Å². The molecule has 2 rings (SSSR count). The zero-order valence-corrected chi connectivity index (χ0v) is 8.63. The van der Waals surface area contributed by atoms with Crippen molar-refractivity contribution >= 4 is 22.5 Å². The van der Waals surface area contributed by atoms with E-state index in [1.54, 1.807) is 18.3 Å². The molecule has 3 nitrogen and oxygen atoms in total. The standard InChI is InChI=1S/C12H11NO2/c1-7(14)9-5-11(8(2)15)10-3-4-13-12(10)6-9/h3-6,13H,1-2H3. The number of benzene rings is 1. The highest BCUT2D eigenvalue weighted by Crippen LogP contribution is 2.21. The van der Waals surface area contributed by atoms with Crippen molar-refractivity contribution in [3.63, 3.8) is 0 Å². The molecule has 0 bridgehead atoms. The van der Waals surface area contributed by atoms with Crippen molar-refractivity contribution in [2.45, 2.75) is 13.8 Å². The molecule has 0 saturated carbocycles. The third kappa shape index (κ3) is 1.56. The van der Waals surface area contributed by atoms with E-state index < -0.39 is 0 Å². The van der Waals surface area contributed by atoms with E-state index in [4.69, 9.17) is 0 Å². The first-order valence-corrected chi connectivity index (χ1v) is 4.72.